The molecule has 5 rings (SSSR count). The first kappa shape index (κ1) is 20.3. The molecule has 1 saturated heterocycles. The lowest BCUT2D eigenvalue weighted by atomic mass is 10.1. The number of amides is 1. The van der Waals surface area contributed by atoms with Gasteiger partial charge in [0.2, 0.25) is 0 Å². The van der Waals surface area contributed by atoms with Crippen LogP contribution in [-0.2, 0) is 4.74 Å². The van der Waals surface area contributed by atoms with Gasteiger partial charge in [-0.25, -0.2) is 4.98 Å². The molecule has 0 aliphatic carbocycles. The second-order valence-electron chi connectivity index (χ2n) is 7.95. The van der Waals surface area contributed by atoms with Crippen LogP contribution in [0.4, 0.5) is 11.5 Å². The Labute approximate surface area is 185 Å². The fourth-order valence-corrected chi connectivity index (χ4v) is 4.36. The van der Waals surface area contributed by atoms with Gasteiger partial charge in [0.1, 0.15) is 11.3 Å². The molecule has 1 amide bonds. The van der Waals surface area contributed by atoms with E-state index in [-0.39, 0.29) is 11.9 Å². The maximum atomic E-state index is 13.0. The molecule has 0 saturated carbocycles. The molecule has 164 valence electrons. The van der Waals surface area contributed by atoms with Crippen LogP contribution in [0.3, 0.4) is 0 Å². The molecular weight excluding hydrogens is 406 g/mol. The summed E-state index contributed by atoms with van der Waals surface area (Å²) in [5.74, 6) is 1.49. The molecule has 0 spiro atoms. The Bertz CT molecular complexity index is 1270. The zero-order valence-electron chi connectivity index (χ0n) is 18.1. The molecule has 1 atom stereocenters. The van der Waals surface area contributed by atoms with Crippen LogP contribution < -0.4 is 10.1 Å². The normalized spacial score (nSPS) is 16.1. The van der Waals surface area contributed by atoms with Crippen molar-refractivity contribution in [2.45, 2.75) is 18.9 Å². The van der Waals surface area contributed by atoms with E-state index in [4.69, 9.17) is 14.5 Å². The number of anilines is 2. The molecule has 1 aliphatic rings. The van der Waals surface area contributed by atoms with Crippen molar-refractivity contribution in [3.8, 4) is 5.75 Å². The van der Waals surface area contributed by atoms with Gasteiger partial charge in [0.05, 0.1) is 31.5 Å². The second-order valence-corrected chi connectivity index (χ2v) is 7.95. The van der Waals surface area contributed by atoms with Crippen LogP contribution in [0.15, 0.2) is 48.7 Å². The van der Waals surface area contributed by atoms with Gasteiger partial charge in [0, 0.05) is 35.7 Å². The molecule has 2 aromatic carbocycles. The van der Waals surface area contributed by atoms with Crippen LogP contribution in [0.5, 0.6) is 5.75 Å². The van der Waals surface area contributed by atoms with Crippen LogP contribution in [0.2, 0.25) is 0 Å². The highest BCUT2D eigenvalue weighted by Gasteiger charge is 2.29. The first-order chi connectivity index (χ1) is 15.7. The Kier molecular flexibility index (Phi) is 5.36. The predicted octanol–water partition coefficient (Wildman–Crippen LogP) is 4.11. The highest BCUT2D eigenvalue weighted by molar-refractivity contribution is 6.09. The minimum absolute atomic E-state index is 0.0461. The van der Waals surface area contributed by atoms with Gasteiger partial charge in [-0.2, -0.15) is 5.10 Å². The highest BCUT2D eigenvalue weighted by atomic mass is 16.5. The van der Waals surface area contributed by atoms with Crippen LogP contribution in [-0.4, -0.2) is 59.4 Å². The van der Waals surface area contributed by atoms with E-state index in [0.29, 0.717) is 18.0 Å². The van der Waals surface area contributed by atoms with Crippen molar-refractivity contribution in [3.05, 3.63) is 54.2 Å². The number of hydrogen-bond acceptors (Lipinski definition) is 6. The summed E-state index contributed by atoms with van der Waals surface area (Å²) in [5, 5.41) is 12.5. The summed E-state index contributed by atoms with van der Waals surface area (Å²) < 4.78 is 10.6. The van der Waals surface area contributed by atoms with Crippen LogP contribution in [0, 0.1) is 0 Å². The van der Waals surface area contributed by atoms with E-state index >= 15 is 0 Å². The number of benzene rings is 2. The highest BCUT2D eigenvalue weighted by Crippen LogP contribution is 2.31. The average molecular weight is 431 g/mol. The Balaban J connectivity index is 1.41. The van der Waals surface area contributed by atoms with Crippen molar-refractivity contribution >= 4 is 39.2 Å². The number of carbonyl (C=O) groups is 1. The molecule has 4 aromatic rings. The molecule has 0 radical (unpaired) electrons. The van der Waals surface area contributed by atoms with Crippen LogP contribution in [0.1, 0.15) is 23.2 Å². The summed E-state index contributed by atoms with van der Waals surface area (Å²) in [6.07, 6.45) is 3.79. The number of fused-ring (bicyclic) bond motifs is 3. The molecular formula is C24H25N5O3. The van der Waals surface area contributed by atoms with Gasteiger partial charge in [-0.15, -0.1) is 0 Å². The first-order valence-electron chi connectivity index (χ1n) is 10.7. The molecule has 3 heterocycles. The standard InChI is InChI=1S/C24H25N5O3/c1-31-14-17-4-3-11-29(17)24(30)15-5-7-16(8-6-15)26-23-22-20(13-25-28-22)19-12-18(32-2)9-10-21(19)27-23/h5-10,12-13,17H,3-4,11,14H2,1-2H3,(H,25,28)(H,26,27). The number of aromatic nitrogens is 3. The van der Waals surface area contributed by atoms with E-state index < -0.39 is 0 Å². The number of nitrogens with zero attached hydrogens (tertiary/aromatic N) is 3. The minimum atomic E-state index is 0.0461. The van der Waals surface area contributed by atoms with Gasteiger partial charge in [-0.3, -0.25) is 9.89 Å². The fraction of sp³-hybridized carbons (Fsp3) is 0.292. The number of rotatable bonds is 6. The Morgan fingerprint density at radius 1 is 1.19 bits per heavy atom. The molecule has 0 bridgehead atoms. The van der Waals surface area contributed by atoms with Crippen LogP contribution >= 0.6 is 0 Å². The molecule has 1 unspecified atom stereocenters. The first-order valence-corrected chi connectivity index (χ1v) is 10.7. The Hall–Kier alpha value is -3.65. The summed E-state index contributed by atoms with van der Waals surface area (Å²) in [6.45, 7) is 1.35. The zero-order valence-corrected chi connectivity index (χ0v) is 18.1. The topological polar surface area (TPSA) is 92.4 Å². The third kappa shape index (κ3) is 3.62. The maximum absolute atomic E-state index is 13.0. The zero-order chi connectivity index (χ0) is 22.1. The predicted molar refractivity (Wildman–Crippen MR) is 124 cm³/mol. The van der Waals surface area contributed by atoms with E-state index in [2.05, 4.69) is 15.5 Å². The van der Waals surface area contributed by atoms with E-state index in [1.807, 2.05) is 47.4 Å². The molecule has 2 N–H and O–H groups in total. The number of nitrogens with one attached hydrogen (secondary N) is 2. The Morgan fingerprint density at radius 3 is 2.81 bits per heavy atom. The second kappa shape index (κ2) is 8.47. The summed E-state index contributed by atoms with van der Waals surface area (Å²) in [6, 6.07) is 13.4. The van der Waals surface area contributed by atoms with Gasteiger partial charge in [-0.05, 0) is 55.3 Å². The summed E-state index contributed by atoms with van der Waals surface area (Å²) in [5.41, 5.74) is 3.16. The van der Waals surface area contributed by atoms with Gasteiger partial charge in [0.25, 0.3) is 5.91 Å². The summed E-state index contributed by atoms with van der Waals surface area (Å²) in [4.78, 5) is 19.6. The van der Waals surface area contributed by atoms with Crippen molar-refractivity contribution in [1.29, 1.82) is 0 Å². The van der Waals surface area contributed by atoms with E-state index in [0.717, 1.165) is 52.6 Å². The summed E-state index contributed by atoms with van der Waals surface area (Å²) in [7, 11) is 3.32. The molecule has 1 fully saturated rings. The van der Waals surface area contributed by atoms with E-state index in [1.54, 1.807) is 20.4 Å². The smallest absolute Gasteiger partial charge is 0.254 e. The Morgan fingerprint density at radius 2 is 2.03 bits per heavy atom. The lowest BCUT2D eigenvalue weighted by Gasteiger charge is -2.24. The van der Waals surface area contributed by atoms with E-state index in [9.17, 15) is 4.79 Å². The van der Waals surface area contributed by atoms with E-state index in [1.165, 1.54) is 0 Å². The van der Waals surface area contributed by atoms with Gasteiger partial charge in [0.15, 0.2) is 5.82 Å². The number of carbonyl (C=O) groups excluding carboxylic acids is 1. The third-order valence-electron chi connectivity index (χ3n) is 5.99. The van der Waals surface area contributed by atoms with Crippen molar-refractivity contribution in [1.82, 2.24) is 20.1 Å². The van der Waals surface area contributed by atoms with Crippen LogP contribution in [0.25, 0.3) is 21.8 Å². The van der Waals surface area contributed by atoms with Crippen molar-refractivity contribution in [2.75, 3.05) is 32.7 Å². The lowest BCUT2D eigenvalue weighted by Crippen LogP contribution is -2.38. The monoisotopic (exact) mass is 431 g/mol. The molecule has 8 nitrogen and oxygen atoms in total. The summed E-state index contributed by atoms with van der Waals surface area (Å²) >= 11 is 0. The van der Waals surface area contributed by atoms with Crippen molar-refractivity contribution in [3.63, 3.8) is 0 Å². The number of hydrogen-bond donors (Lipinski definition) is 2. The number of methoxy groups -OCH3 is 2. The SMILES string of the molecule is COCC1CCCN1C(=O)c1ccc(Nc2nc3ccc(OC)cc3c3cn[nH]c23)cc1. The lowest BCUT2D eigenvalue weighted by molar-refractivity contribution is 0.0630. The average Bonchev–Trinajstić information content (AvgIpc) is 3.49. The minimum Gasteiger partial charge on any atom is -0.497 e. The fourth-order valence-electron chi connectivity index (χ4n) is 4.36. The quantitative estimate of drug-likeness (QED) is 0.477. The maximum Gasteiger partial charge on any atom is 0.254 e. The molecule has 1 aliphatic heterocycles. The number of aromatic amines is 1. The van der Waals surface area contributed by atoms with Gasteiger partial charge >= 0.3 is 0 Å². The number of H-pyrrole nitrogens is 1. The van der Waals surface area contributed by atoms with Gasteiger partial charge in [-0.1, -0.05) is 0 Å². The number of pyridine rings is 1. The molecule has 2 aromatic heterocycles. The van der Waals surface area contributed by atoms with Crippen molar-refractivity contribution in [2.24, 2.45) is 0 Å². The molecule has 32 heavy (non-hydrogen) atoms. The third-order valence-corrected chi connectivity index (χ3v) is 5.99. The largest absolute Gasteiger partial charge is 0.497 e. The number of ether oxygens (including phenoxy) is 2. The van der Waals surface area contributed by atoms with Gasteiger partial charge < -0.3 is 19.7 Å². The van der Waals surface area contributed by atoms with Crippen molar-refractivity contribution < 1.29 is 14.3 Å². The number of likely N-dealkylation sites (tertiary alicyclic amines) is 1. The molecule has 8 heteroatoms.